The van der Waals surface area contributed by atoms with Crippen LogP contribution in [0.5, 0.6) is 0 Å². The van der Waals surface area contributed by atoms with Gasteiger partial charge in [0.1, 0.15) is 17.0 Å². The highest BCUT2D eigenvalue weighted by molar-refractivity contribution is 9.09. The first-order chi connectivity index (χ1) is 9.09. The fourth-order valence-corrected chi connectivity index (χ4v) is 3.63. The molecule has 19 heavy (non-hydrogen) atoms. The number of morpholine rings is 1. The smallest absolute Gasteiger partial charge is 0.140 e. The number of alkyl halides is 1. The minimum absolute atomic E-state index is 0.163. The molecular formula is C13H16BrN3OS. The van der Waals surface area contributed by atoms with E-state index in [1.54, 1.807) is 17.7 Å². The van der Waals surface area contributed by atoms with Gasteiger partial charge in [-0.1, -0.05) is 15.9 Å². The molecule has 0 saturated carbocycles. The second-order valence-electron chi connectivity index (χ2n) is 5.37. The van der Waals surface area contributed by atoms with Crippen LogP contribution >= 0.6 is 27.3 Å². The molecule has 0 amide bonds. The van der Waals surface area contributed by atoms with Crippen LogP contribution in [-0.2, 0) is 4.74 Å². The molecule has 1 saturated heterocycles. The molecule has 1 aliphatic heterocycles. The van der Waals surface area contributed by atoms with Gasteiger partial charge in [-0.15, -0.1) is 11.3 Å². The number of nitrogens with zero attached hydrogens (tertiary/aromatic N) is 3. The van der Waals surface area contributed by atoms with Gasteiger partial charge in [-0.05, 0) is 25.3 Å². The maximum Gasteiger partial charge on any atom is 0.140 e. The van der Waals surface area contributed by atoms with Crippen LogP contribution in [0.1, 0.15) is 13.8 Å². The summed E-state index contributed by atoms with van der Waals surface area (Å²) < 4.78 is 6.04. The zero-order valence-corrected chi connectivity index (χ0v) is 13.4. The Kier molecular flexibility index (Phi) is 3.49. The van der Waals surface area contributed by atoms with E-state index >= 15 is 0 Å². The number of rotatable bonds is 2. The third kappa shape index (κ3) is 2.61. The van der Waals surface area contributed by atoms with Gasteiger partial charge in [0.25, 0.3) is 0 Å². The number of ether oxygens (including phenoxy) is 1. The van der Waals surface area contributed by atoms with Crippen molar-refractivity contribution in [1.82, 2.24) is 9.97 Å². The summed E-state index contributed by atoms with van der Waals surface area (Å²) in [6.07, 6.45) is 1.84. The van der Waals surface area contributed by atoms with E-state index in [-0.39, 0.29) is 11.7 Å². The molecule has 2 aromatic rings. The highest BCUT2D eigenvalue weighted by Gasteiger charge is 2.34. The van der Waals surface area contributed by atoms with Crippen molar-refractivity contribution in [1.29, 1.82) is 0 Å². The summed E-state index contributed by atoms with van der Waals surface area (Å²) in [6, 6.07) is 2.10. The number of aromatic nitrogens is 2. The Morgan fingerprint density at radius 2 is 2.37 bits per heavy atom. The monoisotopic (exact) mass is 341 g/mol. The first-order valence-electron chi connectivity index (χ1n) is 6.26. The van der Waals surface area contributed by atoms with Crippen LogP contribution < -0.4 is 4.90 Å². The van der Waals surface area contributed by atoms with Gasteiger partial charge < -0.3 is 9.64 Å². The summed E-state index contributed by atoms with van der Waals surface area (Å²) in [6.45, 7) is 5.96. The van der Waals surface area contributed by atoms with Gasteiger partial charge >= 0.3 is 0 Å². The van der Waals surface area contributed by atoms with Crippen LogP contribution in [0.2, 0.25) is 0 Å². The lowest BCUT2D eigenvalue weighted by Crippen LogP contribution is -2.53. The topological polar surface area (TPSA) is 38.2 Å². The van der Waals surface area contributed by atoms with Gasteiger partial charge in [-0.2, -0.15) is 0 Å². The van der Waals surface area contributed by atoms with Crippen molar-refractivity contribution >= 4 is 43.3 Å². The molecule has 3 rings (SSSR count). The molecule has 2 aromatic heterocycles. The van der Waals surface area contributed by atoms with E-state index in [9.17, 15) is 0 Å². The highest BCUT2D eigenvalue weighted by Crippen LogP contribution is 2.31. The summed E-state index contributed by atoms with van der Waals surface area (Å²) in [5, 5.41) is 4.04. The average Bonchev–Trinajstić information content (AvgIpc) is 2.84. The Bertz CT molecular complexity index is 586. The number of halogens is 1. The number of hydrogen-bond acceptors (Lipinski definition) is 5. The van der Waals surface area contributed by atoms with Crippen molar-refractivity contribution in [3.8, 4) is 0 Å². The molecule has 4 nitrogen and oxygen atoms in total. The molecule has 3 heterocycles. The van der Waals surface area contributed by atoms with E-state index in [4.69, 9.17) is 4.74 Å². The maximum absolute atomic E-state index is 6.04. The van der Waals surface area contributed by atoms with E-state index in [1.807, 2.05) is 0 Å². The van der Waals surface area contributed by atoms with Crippen LogP contribution in [-0.4, -0.2) is 40.1 Å². The number of thiophene rings is 1. The van der Waals surface area contributed by atoms with Gasteiger partial charge in [0.2, 0.25) is 0 Å². The molecule has 6 heteroatoms. The molecule has 0 radical (unpaired) electrons. The largest absolute Gasteiger partial charge is 0.368 e. The summed E-state index contributed by atoms with van der Waals surface area (Å²) in [5.74, 6) is 1.02. The van der Waals surface area contributed by atoms with Crippen LogP contribution in [0.15, 0.2) is 17.8 Å². The molecule has 1 unspecified atom stereocenters. The fraction of sp³-hybridized carbons (Fsp3) is 0.538. The number of hydrogen-bond donors (Lipinski definition) is 0. The van der Waals surface area contributed by atoms with Crippen molar-refractivity contribution in [3.63, 3.8) is 0 Å². The van der Waals surface area contributed by atoms with Crippen LogP contribution in [0.25, 0.3) is 10.2 Å². The van der Waals surface area contributed by atoms with E-state index in [0.29, 0.717) is 0 Å². The first kappa shape index (κ1) is 13.3. The van der Waals surface area contributed by atoms with Crippen molar-refractivity contribution < 1.29 is 4.74 Å². The predicted molar refractivity (Wildman–Crippen MR) is 82.4 cm³/mol. The predicted octanol–water partition coefficient (Wildman–Crippen LogP) is 3.07. The molecule has 1 aliphatic rings. The van der Waals surface area contributed by atoms with Crippen LogP contribution in [0, 0.1) is 0 Å². The molecule has 0 aromatic carbocycles. The van der Waals surface area contributed by atoms with Gasteiger partial charge in [0.05, 0.1) is 17.1 Å². The normalized spacial score (nSPS) is 22.9. The fourth-order valence-electron chi connectivity index (χ4n) is 2.57. The van der Waals surface area contributed by atoms with Gasteiger partial charge in [0.15, 0.2) is 0 Å². The van der Waals surface area contributed by atoms with Gasteiger partial charge in [0, 0.05) is 18.4 Å². The number of anilines is 1. The Morgan fingerprint density at radius 3 is 3.16 bits per heavy atom. The summed E-state index contributed by atoms with van der Waals surface area (Å²) >= 11 is 5.18. The lowest BCUT2D eigenvalue weighted by atomic mass is 10.1. The third-order valence-electron chi connectivity index (χ3n) is 3.19. The van der Waals surface area contributed by atoms with Crippen LogP contribution in [0.4, 0.5) is 5.82 Å². The molecule has 102 valence electrons. The van der Waals surface area contributed by atoms with E-state index in [2.05, 4.69) is 56.1 Å². The average molecular weight is 342 g/mol. The Hall–Kier alpha value is -0.720. The lowest BCUT2D eigenvalue weighted by Gasteiger charge is -2.43. The zero-order chi connectivity index (χ0) is 13.5. The SMILES string of the molecule is CC1(C)CN(c2ncnc3sccc23)CC(CBr)O1. The summed E-state index contributed by atoms with van der Waals surface area (Å²) in [5.41, 5.74) is -0.163. The van der Waals surface area contributed by atoms with Crippen molar-refractivity contribution in [2.45, 2.75) is 25.6 Å². The lowest BCUT2D eigenvalue weighted by molar-refractivity contribution is -0.0725. The molecule has 0 bridgehead atoms. The van der Waals surface area contributed by atoms with Crippen molar-refractivity contribution in [2.75, 3.05) is 23.3 Å². The van der Waals surface area contributed by atoms with Crippen molar-refractivity contribution in [2.24, 2.45) is 0 Å². The van der Waals surface area contributed by atoms with E-state index in [0.717, 1.165) is 34.5 Å². The molecule has 0 spiro atoms. The number of fused-ring (bicyclic) bond motifs is 1. The van der Waals surface area contributed by atoms with E-state index < -0.39 is 0 Å². The quantitative estimate of drug-likeness (QED) is 0.787. The Morgan fingerprint density at radius 1 is 1.53 bits per heavy atom. The minimum Gasteiger partial charge on any atom is -0.368 e. The molecular weight excluding hydrogens is 326 g/mol. The summed E-state index contributed by atoms with van der Waals surface area (Å²) in [7, 11) is 0. The van der Waals surface area contributed by atoms with Crippen LogP contribution in [0.3, 0.4) is 0 Å². The molecule has 0 aliphatic carbocycles. The first-order valence-corrected chi connectivity index (χ1v) is 8.26. The standard InChI is InChI=1S/C13H16BrN3OS/c1-13(2)7-17(6-9(5-14)18-13)11-10-3-4-19-12(10)16-8-15-11/h3-4,8-9H,5-7H2,1-2H3. The molecule has 1 atom stereocenters. The molecule has 0 N–H and O–H groups in total. The Labute approximate surface area is 124 Å². The minimum atomic E-state index is -0.163. The van der Waals surface area contributed by atoms with Crippen molar-refractivity contribution in [3.05, 3.63) is 17.8 Å². The highest BCUT2D eigenvalue weighted by atomic mass is 79.9. The third-order valence-corrected chi connectivity index (χ3v) is 4.74. The maximum atomic E-state index is 6.04. The second-order valence-corrected chi connectivity index (χ2v) is 6.91. The van der Waals surface area contributed by atoms with E-state index in [1.165, 1.54) is 0 Å². The summed E-state index contributed by atoms with van der Waals surface area (Å²) in [4.78, 5) is 12.2. The Balaban J connectivity index is 1.98. The van der Waals surface area contributed by atoms with Gasteiger partial charge in [-0.3, -0.25) is 0 Å². The molecule has 1 fully saturated rings. The zero-order valence-electron chi connectivity index (χ0n) is 11.0. The second kappa shape index (κ2) is 5.00. The van der Waals surface area contributed by atoms with Gasteiger partial charge in [-0.25, -0.2) is 9.97 Å².